The van der Waals surface area contributed by atoms with Crippen LogP contribution in [0.15, 0.2) is 30.6 Å². The van der Waals surface area contributed by atoms with Crippen LogP contribution in [-0.2, 0) is 16.1 Å². The first kappa shape index (κ1) is 18.0. The molecule has 27 heavy (non-hydrogen) atoms. The molecule has 144 valence electrons. The van der Waals surface area contributed by atoms with Crippen LogP contribution in [0.3, 0.4) is 0 Å². The summed E-state index contributed by atoms with van der Waals surface area (Å²) < 4.78 is 10.7. The number of benzene rings is 1. The first-order valence-electron chi connectivity index (χ1n) is 9.31. The van der Waals surface area contributed by atoms with Crippen molar-refractivity contribution in [3.8, 4) is 5.75 Å². The third-order valence-corrected chi connectivity index (χ3v) is 5.85. The van der Waals surface area contributed by atoms with Gasteiger partial charge in [-0.1, -0.05) is 12.1 Å². The number of aliphatic hydroxyl groups is 1. The highest BCUT2D eigenvalue weighted by Gasteiger charge is 2.44. The number of aromatic amines is 1. The number of nitrogens with zero attached hydrogens (tertiary/aromatic N) is 2. The predicted octanol–water partition coefficient (Wildman–Crippen LogP) is 1.68. The third-order valence-electron chi connectivity index (χ3n) is 5.85. The second kappa shape index (κ2) is 7.32. The molecule has 4 rings (SSSR count). The summed E-state index contributed by atoms with van der Waals surface area (Å²) in [6.07, 6.45) is 2.80. The van der Waals surface area contributed by atoms with Crippen molar-refractivity contribution in [1.29, 1.82) is 0 Å². The van der Waals surface area contributed by atoms with Crippen LogP contribution >= 0.6 is 0 Å². The topological polar surface area (TPSA) is 87.7 Å². The molecule has 7 heteroatoms. The highest BCUT2D eigenvalue weighted by atomic mass is 16.5. The van der Waals surface area contributed by atoms with Crippen molar-refractivity contribution >= 4 is 5.91 Å². The summed E-state index contributed by atoms with van der Waals surface area (Å²) in [5.74, 6) is 0.795. The number of methoxy groups -OCH3 is 1. The molecule has 2 aliphatic rings. The average molecular weight is 371 g/mol. The second-order valence-corrected chi connectivity index (χ2v) is 7.33. The molecular weight excluding hydrogens is 346 g/mol. The summed E-state index contributed by atoms with van der Waals surface area (Å²) in [4.78, 5) is 22.9. The number of aliphatic hydroxyl groups excluding tert-OH is 1. The average Bonchev–Trinajstić information content (AvgIpc) is 3.22. The molecule has 1 amide bonds. The summed E-state index contributed by atoms with van der Waals surface area (Å²) in [5.41, 5.74) is 2.29. The molecule has 1 atom stereocenters. The number of fused-ring (bicyclic) bond motifs is 1. The molecule has 2 aliphatic heterocycles. The number of imidazole rings is 1. The van der Waals surface area contributed by atoms with Gasteiger partial charge in [0.05, 0.1) is 43.4 Å². The minimum absolute atomic E-state index is 0.00654. The van der Waals surface area contributed by atoms with E-state index in [1.807, 2.05) is 29.2 Å². The van der Waals surface area contributed by atoms with E-state index in [0.717, 1.165) is 22.7 Å². The van der Waals surface area contributed by atoms with E-state index in [2.05, 4.69) is 9.97 Å². The van der Waals surface area contributed by atoms with Crippen molar-refractivity contribution < 1.29 is 19.4 Å². The number of ether oxygens (including phenoxy) is 2. The molecule has 0 bridgehead atoms. The van der Waals surface area contributed by atoms with Gasteiger partial charge >= 0.3 is 0 Å². The van der Waals surface area contributed by atoms with Crippen molar-refractivity contribution in [2.45, 2.75) is 25.3 Å². The fraction of sp³-hybridized carbons (Fsp3) is 0.500. The maximum atomic E-state index is 13.4. The van der Waals surface area contributed by atoms with Gasteiger partial charge in [0, 0.05) is 25.7 Å². The number of H-pyrrole nitrogens is 1. The van der Waals surface area contributed by atoms with Crippen LogP contribution in [-0.4, -0.2) is 59.4 Å². The summed E-state index contributed by atoms with van der Waals surface area (Å²) >= 11 is 0. The Hall–Kier alpha value is -2.38. The fourth-order valence-corrected chi connectivity index (χ4v) is 4.11. The molecule has 2 N–H and O–H groups in total. The van der Waals surface area contributed by atoms with Crippen LogP contribution in [0.25, 0.3) is 0 Å². The van der Waals surface area contributed by atoms with Crippen LogP contribution in [0.4, 0.5) is 0 Å². The van der Waals surface area contributed by atoms with Crippen molar-refractivity contribution in [3.63, 3.8) is 0 Å². The minimum Gasteiger partial charge on any atom is -0.497 e. The molecular formula is C20H25N3O4. The van der Waals surface area contributed by atoms with Crippen LogP contribution < -0.4 is 4.74 Å². The fourth-order valence-electron chi connectivity index (χ4n) is 4.11. The van der Waals surface area contributed by atoms with E-state index in [-0.39, 0.29) is 18.4 Å². The Labute approximate surface area is 158 Å². The SMILES string of the molecule is COc1ccc(C2CN(C(=O)C3(CO)CCOCC3)Cc3[nH]cnc32)cc1. The monoisotopic (exact) mass is 371 g/mol. The normalized spacial score (nSPS) is 21.6. The molecule has 3 heterocycles. The minimum atomic E-state index is -0.736. The lowest BCUT2D eigenvalue weighted by atomic mass is 9.78. The summed E-state index contributed by atoms with van der Waals surface area (Å²) in [5, 5.41) is 10.0. The number of rotatable bonds is 4. The number of hydrogen-bond donors (Lipinski definition) is 2. The lowest BCUT2D eigenvalue weighted by molar-refractivity contribution is -0.152. The zero-order chi connectivity index (χ0) is 18.9. The first-order valence-corrected chi connectivity index (χ1v) is 9.31. The van der Waals surface area contributed by atoms with Gasteiger partial charge in [0.25, 0.3) is 0 Å². The zero-order valence-corrected chi connectivity index (χ0v) is 15.5. The second-order valence-electron chi connectivity index (χ2n) is 7.33. The van der Waals surface area contributed by atoms with Crippen LogP contribution in [0.1, 0.15) is 35.7 Å². The van der Waals surface area contributed by atoms with E-state index in [0.29, 0.717) is 39.1 Å². The molecule has 0 aliphatic carbocycles. The van der Waals surface area contributed by atoms with Crippen molar-refractivity contribution in [2.75, 3.05) is 33.5 Å². The van der Waals surface area contributed by atoms with Gasteiger partial charge in [-0.2, -0.15) is 0 Å². The zero-order valence-electron chi connectivity index (χ0n) is 15.5. The van der Waals surface area contributed by atoms with Gasteiger partial charge in [0.15, 0.2) is 0 Å². The number of carbonyl (C=O) groups excluding carboxylic acids is 1. The molecule has 1 saturated heterocycles. The Balaban J connectivity index is 1.63. The van der Waals surface area contributed by atoms with Gasteiger partial charge in [-0.25, -0.2) is 4.98 Å². The van der Waals surface area contributed by atoms with Crippen molar-refractivity contribution in [1.82, 2.24) is 14.9 Å². The van der Waals surface area contributed by atoms with Crippen LogP contribution in [0, 0.1) is 5.41 Å². The number of hydrogen-bond acceptors (Lipinski definition) is 5. The maximum Gasteiger partial charge on any atom is 0.231 e. The number of aromatic nitrogens is 2. The van der Waals surface area contributed by atoms with E-state index in [1.54, 1.807) is 13.4 Å². The Kier molecular flexibility index (Phi) is 4.88. The lowest BCUT2D eigenvalue weighted by Crippen LogP contribution is -2.51. The van der Waals surface area contributed by atoms with Gasteiger partial charge in [-0.3, -0.25) is 4.79 Å². The summed E-state index contributed by atoms with van der Waals surface area (Å²) in [7, 11) is 1.64. The van der Waals surface area contributed by atoms with E-state index in [1.165, 1.54) is 0 Å². The lowest BCUT2D eigenvalue weighted by Gasteiger charge is -2.41. The smallest absolute Gasteiger partial charge is 0.231 e. The number of amides is 1. The Morgan fingerprint density at radius 2 is 2.11 bits per heavy atom. The third kappa shape index (κ3) is 3.21. The molecule has 7 nitrogen and oxygen atoms in total. The maximum absolute atomic E-state index is 13.4. The van der Waals surface area contributed by atoms with Crippen molar-refractivity contribution in [3.05, 3.63) is 47.5 Å². The molecule has 0 saturated carbocycles. The van der Waals surface area contributed by atoms with Crippen LogP contribution in [0.5, 0.6) is 5.75 Å². The molecule has 1 aromatic heterocycles. The molecule has 2 aromatic rings. The van der Waals surface area contributed by atoms with Crippen LogP contribution in [0.2, 0.25) is 0 Å². The predicted molar refractivity (Wildman–Crippen MR) is 98.4 cm³/mol. The van der Waals surface area contributed by atoms with E-state index >= 15 is 0 Å². The van der Waals surface area contributed by atoms with Gasteiger partial charge in [-0.15, -0.1) is 0 Å². The highest BCUT2D eigenvalue weighted by Crippen LogP contribution is 2.37. The molecule has 0 radical (unpaired) electrons. The summed E-state index contributed by atoms with van der Waals surface area (Å²) in [6, 6.07) is 7.89. The molecule has 1 aromatic carbocycles. The molecule has 1 fully saturated rings. The first-order chi connectivity index (χ1) is 13.2. The Bertz CT molecular complexity index is 796. The highest BCUT2D eigenvalue weighted by molar-refractivity contribution is 5.83. The summed E-state index contributed by atoms with van der Waals surface area (Å²) in [6.45, 7) is 1.92. The number of carbonyl (C=O) groups is 1. The quantitative estimate of drug-likeness (QED) is 0.854. The van der Waals surface area contributed by atoms with Gasteiger partial charge in [-0.05, 0) is 30.5 Å². The Morgan fingerprint density at radius 1 is 1.37 bits per heavy atom. The molecule has 1 unspecified atom stereocenters. The van der Waals surface area contributed by atoms with Gasteiger partial charge < -0.3 is 24.5 Å². The van der Waals surface area contributed by atoms with Crippen molar-refractivity contribution in [2.24, 2.45) is 5.41 Å². The molecule has 0 spiro atoms. The van der Waals surface area contributed by atoms with Gasteiger partial charge in [0.2, 0.25) is 5.91 Å². The van der Waals surface area contributed by atoms with Gasteiger partial charge in [0.1, 0.15) is 5.75 Å². The standard InChI is InChI=1S/C20H25N3O4/c1-26-15-4-2-14(3-5-15)16-10-23(11-17-18(16)22-13-21-17)19(25)20(12-24)6-8-27-9-7-20/h2-5,13,16,24H,6-12H2,1H3,(H,21,22). The number of nitrogens with one attached hydrogen (secondary N) is 1. The van der Waals surface area contributed by atoms with E-state index < -0.39 is 5.41 Å². The van der Waals surface area contributed by atoms with E-state index in [9.17, 15) is 9.90 Å². The van der Waals surface area contributed by atoms with E-state index in [4.69, 9.17) is 9.47 Å². The Morgan fingerprint density at radius 3 is 2.78 bits per heavy atom. The largest absolute Gasteiger partial charge is 0.497 e.